The minimum Gasteiger partial charge on any atom is -0.373 e. The van der Waals surface area contributed by atoms with Crippen LogP contribution in [0.1, 0.15) is 19.4 Å². The molecule has 3 aromatic carbocycles. The number of nitrogens with one attached hydrogen (secondary N) is 1. The number of hydrogen-bond donors (Lipinski definition) is 1. The summed E-state index contributed by atoms with van der Waals surface area (Å²) in [6.07, 6.45) is 1.72. The summed E-state index contributed by atoms with van der Waals surface area (Å²) in [5.41, 5.74) is 4.84. The summed E-state index contributed by atoms with van der Waals surface area (Å²) in [6, 6.07) is 17.2. The molecule has 0 aliphatic carbocycles. The highest BCUT2D eigenvalue weighted by Crippen LogP contribution is 2.40. The van der Waals surface area contributed by atoms with Crippen molar-refractivity contribution in [1.82, 2.24) is 0 Å². The number of nitrogens with zero attached hydrogens (tertiary/aromatic N) is 2. The molecule has 36 heavy (non-hydrogen) atoms. The Morgan fingerprint density at radius 2 is 1.67 bits per heavy atom. The minimum atomic E-state index is -3.31. The van der Waals surface area contributed by atoms with Gasteiger partial charge in [-0.25, -0.2) is 8.42 Å². The van der Waals surface area contributed by atoms with E-state index in [1.165, 1.54) is 13.2 Å². The van der Waals surface area contributed by atoms with E-state index >= 15 is 0 Å². The Bertz CT molecular complexity index is 1490. The van der Waals surface area contributed by atoms with Gasteiger partial charge in [-0.1, -0.05) is 35.9 Å². The third-order valence-electron chi connectivity index (χ3n) is 6.76. The Hall–Kier alpha value is -3.36. The molecule has 5 rings (SSSR count). The van der Waals surface area contributed by atoms with Crippen LogP contribution < -0.4 is 15.1 Å². The molecule has 2 aliphatic rings. The summed E-state index contributed by atoms with van der Waals surface area (Å²) in [5, 5.41) is 3.91. The first kappa shape index (κ1) is 24.3. The molecule has 0 radical (unpaired) electrons. The van der Waals surface area contributed by atoms with Crippen LogP contribution in [0.5, 0.6) is 0 Å². The molecule has 0 spiro atoms. The van der Waals surface area contributed by atoms with Gasteiger partial charge < -0.3 is 15.1 Å². The summed E-state index contributed by atoms with van der Waals surface area (Å²) in [5.74, 6) is -0.176. The highest BCUT2D eigenvalue weighted by atomic mass is 35.5. The van der Waals surface area contributed by atoms with Crippen molar-refractivity contribution in [3.8, 4) is 11.1 Å². The lowest BCUT2D eigenvalue weighted by atomic mass is 9.99. The van der Waals surface area contributed by atoms with E-state index in [9.17, 15) is 18.0 Å². The fourth-order valence-corrected chi connectivity index (χ4v) is 5.85. The zero-order valence-electron chi connectivity index (χ0n) is 20.2. The number of carbonyl (C=O) groups excluding carboxylic acids is 2. The summed E-state index contributed by atoms with van der Waals surface area (Å²) in [6.45, 7) is 3.81. The molecule has 2 amide bonds. The van der Waals surface area contributed by atoms with E-state index in [0.717, 1.165) is 22.4 Å². The Morgan fingerprint density at radius 3 is 2.33 bits per heavy atom. The van der Waals surface area contributed by atoms with E-state index in [2.05, 4.69) is 5.32 Å². The van der Waals surface area contributed by atoms with Crippen LogP contribution in [-0.4, -0.2) is 45.1 Å². The Kier molecular flexibility index (Phi) is 6.04. The largest absolute Gasteiger partial charge is 0.373 e. The van der Waals surface area contributed by atoms with Crippen molar-refractivity contribution >= 4 is 50.3 Å². The third-order valence-corrected chi connectivity index (χ3v) is 8.12. The van der Waals surface area contributed by atoms with Crippen molar-refractivity contribution in [2.45, 2.75) is 37.2 Å². The number of carbonyl (C=O) groups is 2. The van der Waals surface area contributed by atoms with E-state index in [4.69, 9.17) is 11.6 Å². The summed E-state index contributed by atoms with van der Waals surface area (Å²) < 4.78 is 23.7. The van der Waals surface area contributed by atoms with Crippen LogP contribution in [0.25, 0.3) is 11.1 Å². The van der Waals surface area contributed by atoms with Crippen LogP contribution in [-0.2, 0) is 25.8 Å². The van der Waals surface area contributed by atoms with Gasteiger partial charge in [-0.2, -0.15) is 0 Å². The second-order valence-electron chi connectivity index (χ2n) is 9.39. The monoisotopic (exact) mass is 523 g/mol. The summed E-state index contributed by atoms with van der Waals surface area (Å²) in [4.78, 5) is 30.0. The van der Waals surface area contributed by atoms with Crippen molar-refractivity contribution in [3.63, 3.8) is 0 Å². The minimum absolute atomic E-state index is 0.0804. The number of benzene rings is 3. The van der Waals surface area contributed by atoms with Crippen molar-refractivity contribution in [2.75, 3.05) is 27.9 Å². The van der Waals surface area contributed by atoms with Crippen molar-refractivity contribution in [2.24, 2.45) is 0 Å². The lowest BCUT2D eigenvalue weighted by molar-refractivity contribution is -0.120. The number of rotatable bonds is 3. The topological polar surface area (TPSA) is 86.8 Å². The molecular weight excluding hydrogens is 498 g/mol. The number of hydrogen-bond acceptors (Lipinski definition) is 5. The van der Waals surface area contributed by atoms with Gasteiger partial charge in [0.05, 0.1) is 22.3 Å². The van der Waals surface area contributed by atoms with E-state index in [1.54, 1.807) is 34.1 Å². The van der Waals surface area contributed by atoms with Crippen LogP contribution in [0.3, 0.4) is 0 Å². The van der Waals surface area contributed by atoms with Gasteiger partial charge in [-0.05, 0) is 60.0 Å². The molecule has 1 N–H and O–H groups in total. The van der Waals surface area contributed by atoms with Gasteiger partial charge in [0.15, 0.2) is 9.84 Å². The fourth-order valence-electron chi connectivity index (χ4n) is 5.04. The highest BCUT2D eigenvalue weighted by Gasteiger charge is 2.38. The molecule has 1 unspecified atom stereocenters. The molecule has 0 aromatic heterocycles. The molecule has 2 atom stereocenters. The third kappa shape index (κ3) is 4.35. The van der Waals surface area contributed by atoms with Crippen LogP contribution >= 0.6 is 11.6 Å². The maximum Gasteiger partial charge on any atom is 0.249 e. The van der Waals surface area contributed by atoms with E-state index < -0.39 is 15.9 Å². The predicted octanol–water partition coefficient (Wildman–Crippen LogP) is 4.54. The normalized spacial score (nSPS) is 18.9. The molecule has 2 aliphatic heterocycles. The number of fused-ring (bicyclic) bond motifs is 2. The lowest BCUT2D eigenvalue weighted by Crippen LogP contribution is -2.54. The second-order valence-corrected chi connectivity index (χ2v) is 11.8. The Morgan fingerprint density at radius 1 is 0.972 bits per heavy atom. The molecule has 9 heteroatoms. The number of anilines is 3. The number of amides is 2. The van der Waals surface area contributed by atoms with Crippen LogP contribution in [0.15, 0.2) is 65.6 Å². The van der Waals surface area contributed by atoms with Crippen molar-refractivity contribution in [1.29, 1.82) is 0 Å². The zero-order chi connectivity index (χ0) is 25.8. The maximum absolute atomic E-state index is 13.8. The molecule has 0 saturated heterocycles. The molecule has 0 bridgehead atoms. The molecule has 7 nitrogen and oxygen atoms in total. The van der Waals surface area contributed by atoms with E-state index in [1.807, 2.05) is 43.3 Å². The van der Waals surface area contributed by atoms with Gasteiger partial charge in [-0.3, -0.25) is 9.59 Å². The molecule has 0 fully saturated rings. The average molecular weight is 524 g/mol. The van der Waals surface area contributed by atoms with Gasteiger partial charge in [-0.15, -0.1) is 0 Å². The van der Waals surface area contributed by atoms with Gasteiger partial charge in [0, 0.05) is 36.9 Å². The Balaban J connectivity index is 1.53. The van der Waals surface area contributed by atoms with Crippen LogP contribution in [0, 0.1) is 0 Å². The van der Waals surface area contributed by atoms with E-state index in [-0.39, 0.29) is 22.8 Å². The molecular formula is C27H26ClN3O4S. The van der Waals surface area contributed by atoms with Gasteiger partial charge >= 0.3 is 0 Å². The van der Waals surface area contributed by atoms with E-state index in [0.29, 0.717) is 29.4 Å². The predicted molar refractivity (Wildman–Crippen MR) is 143 cm³/mol. The number of sulfone groups is 1. The van der Waals surface area contributed by atoms with Crippen molar-refractivity contribution < 1.29 is 18.0 Å². The zero-order valence-corrected chi connectivity index (χ0v) is 21.7. The average Bonchev–Trinajstić information content (AvgIpc) is 3.25. The second kappa shape index (κ2) is 8.94. The summed E-state index contributed by atoms with van der Waals surface area (Å²) >= 11 is 6.14. The van der Waals surface area contributed by atoms with Gasteiger partial charge in [0.2, 0.25) is 11.8 Å². The lowest BCUT2D eigenvalue weighted by Gasteiger charge is -2.41. The van der Waals surface area contributed by atoms with Crippen molar-refractivity contribution in [3.05, 3.63) is 71.2 Å². The first-order valence-corrected chi connectivity index (χ1v) is 13.9. The Labute approximate surface area is 215 Å². The first-order chi connectivity index (χ1) is 17.0. The standard InChI is InChI=1S/C27H26ClN3O4S/c1-16-15-30(27(33)24-12-20-4-8-21(28)14-23(20)29-24)26-13-19(7-11-25(26)31(16)17(2)32)18-5-9-22(10-6-18)36(3,34)35/h4-11,13-14,16,24,29H,12,15H2,1-3H3/t16-,24?/m0/s1. The molecule has 3 aromatic rings. The maximum atomic E-state index is 13.8. The first-order valence-electron chi connectivity index (χ1n) is 11.6. The molecule has 186 valence electrons. The number of halogens is 1. The molecule has 2 heterocycles. The quantitative estimate of drug-likeness (QED) is 0.545. The van der Waals surface area contributed by atoms with Gasteiger partial charge in [0.1, 0.15) is 6.04 Å². The smallest absolute Gasteiger partial charge is 0.249 e. The SMILES string of the molecule is CC(=O)N1c2ccc(-c3ccc(S(C)(=O)=O)cc3)cc2N(C(=O)C2Cc3ccc(Cl)cc3N2)C[C@@H]1C. The van der Waals surface area contributed by atoms with Crippen LogP contribution in [0.4, 0.5) is 17.1 Å². The molecule has 0 saturated carbocycles. The summed E-state index contributed by atoms with van der Waals surface area (Å²) in [7, 11) is -3.31. The fraction of sp³-hybridized carbons (Fsp3) is 0.259. The van der Waals surface area contributed by atoms with Crippen LogP contribution in [0.2, 0.25) is 5.02 Å². The van der Waals surface area contributed by atoms with Gasteiger partial charge in [0.25, 0.3) is 0 Å². The highest BCUT2D eigenvalue weighted by molar-refractivity contribution is 7.90.